The van der Waals surface area contributed by atoms with Crippen LogP contribution < -0.4 is 14.4 Å². The van der Waals surface area contributed by atoms with Gasteiger partial charge in [0, 0.05) is 18.5 Å². The average Bonchev–Trinajstić information content (AvgIpc) is 2.76. The largest absolute Gasteiger partial charge is 0.493 e. The van der Waals surface area contributed by atoms with E-state index in [1.807, 2.05) is 47.4 Å². The summed E-state index contributed by atoms with van der Waals surface area (Å²) in [6, 6.07) is 13.7. The molecule has 29 heavy (non-hydrogen) atoms. The van der Waals surface area contributed by atoms with Crippen molar-refractivity contribution >= 4 is 17.6 Å². The minimum atomic E-state index is 0.000443. The molecule has 6 nitrogen and oxygen atoms in total. The fourth-order valence-electron chi connectivity index (χ4n) is 3.93. The van der Waals surface area contributed by atoms with Crippen molar-refractivity contribution in [3.63, 3.8) is 0 Å². The van der Waals surface area contributed by atoms with Crippen LogP contribution in [0.15, 0.2) is 47.5 Å². The smallest absolute Gasteiger partial charge is 0.262 e. The van der Waals surface area contributed by atoms with Crippen LogP contribution in [0, 0.1) is 5.41 Å². The number of methoxy groups -OCH3 is 2. The first-order chi connectivity index (χ1) is 14.0. The highest BCUT2D eigenvalue weighted by atomic mass is 16.5. The third-order valence-corrected chi connectivity index (χ3v) is 5.94. The van der Waals surface area contributed by atoms with Gasteiger partial charge in [0.15, 0.2) is 11.5 Å². The number of rotatable bonds is 5. The maximum absolute atomic E-state index is 13.2. The summed E-state index contributed by atoms with van der Waals surface area (Å²) in [4.78, 5) is 22.1. The average molecular weight is 393 g/mol. The Kier molecular flexibility index (Phi) is 4.94. The van der Waals surface area contributed by atoms with Gasteiger partial charge in [-0.1, -0.05) is 32.0 Å². The molecule has 2 aromatic carbocycles. The second-order valence-electron chi connectivity index (χ2n) is 7.96. The van der Waals surface area contributed by atoms with Crippen molar-refractivity contribution < 1.29 is 14.3 Å². The number of aliphatic imine (C=N–C) groups is 1. The number of hydrogen-bond acceptors (Lipinski definition) is 5. The molecule has 1 amide bonds. The van der Waals surface area contributed by atoms with E-state index in [2.05, 4.69) is 18.7 Å². The van der Waals surface area contributed by atoms with Crippen LogP contribution in [0.5, 0.6) is 11.5 Å². The Morgan fingerprint density at radius 3 is 2.59 bits per heavy atom. The van der Waals surface area contributed by atoms with Crippen LogP contribution in [-0.4, -0.2) is 44.1 Å². The topological polar surface area (TPSA) is 54.4 Å². The molecule has 0 fully saturated rings. The maximum Gasteiger partial charge on any atom is 0.262 e. The normalized spacial score (nSPS) is 20.7. The molecule has 0 spiro atoms. The van der Waals surface area contributed by atoms with Crippen molar-refractivity contribution in [2.24, 2.45) is 10.4 Å². The lowest BCUT2D eigenvalue weighted by atomic mass is 9.85. The first kappa shape index (κ1) is 19.3. The van der Waals surface area contributed by atoms with Gasteiger partial charge in [0.2, 0.25) is 5.96 Å². The second-order valence-corrected chi connectivity index (χ2v) is 7.96. The molecule has 4 rings (SSSR count). The predicted molar refractivity (Wildman–Crippen MR) is 114 cm³/mol. The van der Waals surface area contributed by atoms with Crippen molar-refractivity contribution in [1.29, 1.82) is 0 Å². The number of carbonyl (C=O) groups excluding carboxylic acids is 1. The number of amides is 1. The number of nitrogens with zero attached hydrogens (tertiary/aromatic N) is 3. The molecular weight excluding hydrogens is 366 g/mol. The van der Waals surface area contributed by atoms with Crippen molar-refractivity contribution in [1.82, 2.24) is 4.90 Å². The Morgan fingerprint density at radius 1 is 1.10 bits per heavy atom. The van der Waals surface area contributed by atoms with Crippen LogP contribution in [0.25, 0.3) is 0 Å². The van der Waals surface area contributed by atoms with E-state index < -0.39 is 0 Å². The number of ether oxygens (including phenoxy) is 2. The molecule has 1 atom stereocenters. The first-order valence-electron chi connectivity index (χ1n) is 9.93. The summed E-state index contributed by atoms with van der Waals surface area (Å²) < 4.78 is 10.8. The Balaban J connectivity index is 1.76. The van der Waals surface area contributed by atoms with Crippen LogP contribution in [0.3, 0.4) is 0 Å². The third kappa shape index (κ3) is 3.33. The number of hydrogen-bond donors (Lipinski definition) is 0. The highest BCUT2D eigenvalue weighted by Crippen LogP contribution is 2.36. The lowest BCUT2D eigenvalue weighted by molar-refractivity contribution is 0.0769. The highest BCUT2D eigenvalue weighted by molar-refractivity contribution is 6.18. The molecule has 2 aliphatic heterocycles. The van der Waals surface area contributed by atoms with E-state index in [4.69, 9.17) is 14.5 Å². The summed E-state index contributed by atoms with van der Waals surface area (Å²) in [7, 11) is 3.26. The quantitative estimate of drug-likeness (QED) is 0.772. The number of anilines is 1. The first-order valence-corrected chi connectivity index (χ1v) is 9.93. The number of para-hydroxylation sites is 1. The van der Waals surface area contributed by atoms with E-state index in [9.17, 15) is 4.79 Å². The van der Waals surface area contributed by atoms with Crippen molar-refractivity contribution in [2.75, 3.05) is 32.2 Å². The van der Waals surface area contributed by atoms with E-state index in [1.165, 1.54) is 0 Å². The summed E-state index contributed by atoms with van der Waals surface area (Å²) in [6.45, 7) is 6.33. The van der Waals surface area contributed by atoms with Crippen LogP contribution >= 0.6 is 0 Å². The van der Waals surface area contributed by atoms with Gasteiger partial charge >= 0.3 is 0 Å². The molecule has 0 aliphatic carbocycles. The summed E-state index contributed by atoms with van der Waals surface area (Å²) in [5, 5.41) is 0. The SMILES string of the molecule is CCC1(C)CN=C2N(C1)C(=O)c1ccccc1N2Cc1ccc(OC)c(OC)c1. The van der Waals surface area contributed by atoms with Gasteiger partial charge in [0.1, 0.15) is 0 Å². The van der Waals surface area contributed by atoms with Gasteiger partial charge in [0.05, 0.1) is 32.0 Å². The number of fused-ring (bicyclic) bond motifs is 2. The van der Waals surface area contributed by atoms with Gasteiger partial charge in [-0.3, -0.25) is 14.7 Å². The van der Waals surface area contributed by atoms with Crippen LogP contribution in [0.2, 0.25) is 0 Å². The van der Waals surface area contributed by atoms with Gasteiger partial charge in [0.25, 0.3) is 5.91 Å². The van der Waals surface area contributed by atoms with E-state index in [0.717, 1.165) is 23.6 Å². The molecule has 2 heterocycles. The molecular formula is C23H27N3O3. The van der Waals surface area contributed by atoms with Crippen molar-refractivity contribution in [3.8, 4) is 11.5 Å². The molecule has 0 aromatic heterocycles. The monoisotopic (exact) mass is 393 g/mol. The Morgan fingerprint density at radius 2 is 1.86 bits per heavy atom. The summed E-state index contributed by atoms with van der Waals surface area (Å²) in [5.74, 6) is 2.14. The van der Waals surface area contributed by atoms with Crippen LogP contribution in [-0.2, 0) is 6.54 Å². The zero-order valence-electron chi connectivity index (χ0n) is 17.4. The summed E-state index contributed by atoms with van der Waals surface area (Å²) in [5.41, 5.74) is 2.66. The standard InChI is InChI=1S/C23H27N3O3/c1-5-23(2)14-24-22-25(13-16-10-11-19(28-3)20(12-16)29-4)18-9-7-6-8-17(18)21(27)26(22)15-23/h6-12H,5,13-15H2,1-4H3. The fourth-order valence-corrected chi connectivity index (χ4v) is 3.93. The van der Waals surface area contributed by atoms with Crippen molar-refractivity contribution in [3.05, 3.63) is 53.6 Å². The molecule has 0 radical (unpaired) electrons. The van der Waals surface area contributed by atoms with E-state index in [1.54, 1.807) is 14.2 Å². The second kappa shape index (κ2) is 7.43. The Labute approximate surface area is 171 Å². The number of benzene rings is 2. The van der Waals surface area contributed by atoms with Gasteiger partial charge in [-0.2, -0.15) is 0 Å². The summed E-state index contributed by atoms with van der Waals surface area (Å²) >= 11 is 0. The molecule has 2 aliphatic rings. The van der Waals surface area contributed by atoms with Crippen LogP contribution in [0.4, 0.5) is 5.69 Å². The highest BCUT2D eigenvalue weighted by Gasteiger charge is 2.41. The molecule has 152 valence electrons. The maximum atomic E-state index is 13.2. The molecule has 0 N–H and O–H groups in total. The van der Waals surface area contributed by atoms with E-state index >= 15 is 0 Å². The lowest BCUT2D eigenvalue weighted by Gasteiger charge is -2.45. The zero-order valence-corrected chi connectivity index (χ0v) is 17.4. The van der Waals surface area contributed by atoms with E-state index in [0.29, 0.717) is 36.7 Å². The van der Waals surface area contributed by atoms with Gasteiger partial charge in [-0.05, 0) is 36.2 Å². The molecule has 6 heteroatoms. The third-order valence-electron chi connectivity index (χ3n) is 5.94. The minimum Gasteiger partial charge on any atom is -0.493 e. The Bertz CT molecular complexity index is 972. The van der Waals surface area contributed by atoms with Gasteiger partial charge < -0.3 is 14.4 Å². The molecule has 1 unspecified atom stereocenters. The van der Waals surface area contributed by atoms with E-state index in [-0.39, 0.29) is 11.3 Å². The zero-order chi connectivity index (χ0) is 20.6. The van der Waals surface area contributed by atoms with Gasteiger partial charge in [-0.15, -0.1) is 0 Å². The van der Waals surface area contributed by atoms with Gasteiger partial charge in [-0.25, -0.2) is 0 Å². The lowest BCUT2D eigenvalue weighted by Crippen LogP contribution is -2.57. The molecule has 0 saturated heterocycles. The molecule has 0 bridgehead atoms. The fraction of sp³-hybridized carbons (Fsp3) is 0.391. The minimum absolute atomic E-state index is 0.000443. The Hall–Kier alpha value is -3.02. The number of carbonyl (C=O) groups is 1. The van der Waals surface area contributed by atoms with Crippen LogP contribution in [0.1, 0.15) is 36.2 Å². The summed E-state index contributed by atoms with van der Waals surface area (Å²) in [6.07, 6.45) is 0.977. The molecule has 0 saturated carbocycles. The van der Waals surface area contributed by atoms with Crippen molar-refractivity contribution in [2.45, 2.75) is 26.8 Å². The predicted octanol–water partition coefficient (Wildman–Crippen LogP) is 3.95. The molecule has 2 aromatic rings. The number of guanidine groups is 1.